The molecule has 2 heterocycles. The minimum Gasteiger partial charge on any atom is -0.493 e. The van der Waals surface area contributed by atoms with E-state index in [4.69, 9.17) is 43.4 Å². The second-order valence-electron chi connectivity index (χ2n) is 7.83. The number of hydrogen-bond donors (Lipinski definition) is 2. The van der Waals surface area contributed by atoms with Crippen molar-refractivity contribution >= 4 is 46.0 Å². The summed E-state index contributed by atoms with van der Waals surface area (Å²) in [6.07, 6.45) is 0. The Morgan fingerprint density at radius 1 is 1.00 bits per heavy atom. The van der Waals surface area contributed by atoms with Gasteiger partial charge in [-0.15, -0.1) is 5.10 Å². The maximum absolute atomic E-state index is 6.56. The molecule has 0 unspecified atom stereocenters. The molecule has 4 rings (SSSR count). The molecule has 0 fully saturated rings. The normalized spacial score (nSPS) is 11.2. The van der Waals surface area contributed by atoms with Crippen molar-refractivity contribution in [3.63, 3.8) is 0 Å². The highest BCUT2D eigenvalue weighted by Gasteiger charge is 2.21. The van der Waals surface area contributed by atoms with Crippen molar-refractivity contribution in [1.29, 1.82) is 0 Å². The summed E-state index contributed by atoms with van der Waals surface area (Å²) in [6, 6.07) is 10.8. The van der Waals surface area contributed by atoms with Crippen molar-refractivity contribution in [2.45, 2.75) is 13.8 Å². The molecule has 0 spiro atoms. The van der Waals surface area contributed by atoms with E-state index >= 15 is 0 Å². The van der Waals surface area contributed by atoms with E-state index < -0.39 is 0 Å². The zero-order chi connectivity index (χ0) is 23.7. The summed E-state index contributed by atoms with van der Waals surface area (Å²) in [6.45, 7) is 4.93. The van der Waals surface area contributed by atoms with E-state index in [0.29, 0.717) is 68.2 Å². The summed E-state index contributed by atoms with van der Waals surface area (Å²) in [7, 11) is 3.18. The third-order valence-corrected chi connectivity index (χ3v) is 5.78. The minimum absolute atomic E-state index is 0.378. The molecule has 172 valence electrons. The number of nitrogens with zero attached hydrogens (tertiary/aromatic N) is 4. The Hall–Kier alpha value is -3.23. The Morgan fingerprint density at radius 2 is 1.76 bits per heavy atom. The first-order chi connectivity index (χ1) is 15.8. The first kappa shape index (κ1) is 22.9. The molecule has 0 bridgehead atoms. The molecule has 0 amide bonds. The molecule has 0 aliphatic heterocycles. The summed E-state index contributed by atoms with van der Waals surface area (Å²) < 4.78 is 12.4. The van der Waals surface area contributed by atoms with Crippen LogP contribution in [-0.2, 0) is 0 Å². The Bertz CT molecular complexity index is 1320. The van der Waals surface area contributed by atoms with Crippen LogP contribution in [0.4, 0.5) is 11.8 Å². The highest BCUT2D eigenvalue weighted by Crippen LogP contribution is 2.37. The fourth-order valence-electron chi connectivity index (χ4n) is 3.39. The van der Waals surface area contributed by atoms with Crippen LogP contribution in [0.15, 0.2) is 36.4 Å². The monoisotopic (exact) mass is 486 g/mol. The maximum atomic E-state index is 6.56. The van der Waals surface area contributed by atoms with Crippen LogP contribution in [0.1, 0.15) is 13.8 Å². The van der Waals surface area contributed by atoms with Gasteiger partial charge in [0.2, 0.25) is 5.95 Å². The van der Waals surface area contributed by atoms with Crippen LogP contribution < -0.4 is 20.5 Å². The molecular formula is C23H24Cl2N6O2. The third kappa shape index (κ3) is 4.49. The minimum atomic E-state index is 0.378. The van der Waals surface area contributed by atoms with E-state index in [0.717, 1.165) is 5.56 Å². The Morgan fingerprint density at radius 3 is 2.42 bits per heavy atom. The number of methoxy groups -OCH3 is 2. The molecule has 3 N–H and O–H groups in total. The van der Waals surface area contributed by atoms with Gasteiger partial charge in [-0.2, -0.15) is 4.98 Å². The van der Waals surface area contributed by atoms with Crippen molar-refractivity contribution in [1.82, 2.24) is 19.7 Å². The molecule has 0 atom stereocenters. The summed E-state index contributed by atoms with van der Waals surface area (Å²) in [5.41, 5.74) is 9.08. The highest BCUT2D eigenvalue weighted by molar-refractivity contribution is 6.42. The average molecular weight is 487 g/mol. The molecule has 0 aliphatic rings. The van der Waals surface area contributed by atoms with Gasteiger partial charge in [-0.25, -0.2) is 9.67 Å². The number of halogens is 2. The number of nitrogens with one attached hydrogen (secondary N) is 1. The Kier molecular flexibility index (Phi) is 6.49. The number of rotatable bonds is 7. The van der Waals surface area contributed by atoms with Crippen LogP contribution in [-0.4, -0.2) is 40.5 Å². The van der Waals surface area contributed by atoms with E-state index in [1.165, 1.54) is 0 Å². The highest BCUT2D eigenvalue weighted by atomic mass is 35.5. The second-order valence-corrected chi connectivity index (χ2v) is 8.65. The average Bonchev–Trinajstić information content (AvgIpc) is 3.14. The standard InChI is InChI=1S/C23H24Cl2N6O2/c1-12(2)11-27-23-28-20(13-5-8-17(32-3)18(9-13)33-4)19-21(26)31(30-22(19)29-23)14-6-7-15(24)16(25)10-14/h5-10,12H,11,26H2,1-4H3,(H,27,29,30). The molecule has 2 aromatic heterocycles. The number of benzene rings is 2. The van der Waals surface area contributed by atoms with Gasteiger partial charge < -0.3 is 20.5 Å². The lowest BCUT2D eigenvalue weighted by atomic mass is 10.1. The van der Waals surface area contributed by atoms with Gasteiger partial charge in [0.05, 0.1) is 41.0 Å². The lowest BCUT2D eigenvalue weighted by molar-refractivity contribution is 0.355. The zero-order valence-corrected chi connectivity index (χ0v) is 20.2. The number of fused-ring (bicyclic) bond motifs is 1. The van der Waals surface area contributed by atoms with Crippen LogP contribution >= 0.6 is 23.2 Å². The van der Waals surface area contributed by atoms with E-state index in [-0.39, 0.29) is 0 Å². The molecule has 0 aliphatic carbocycles. The van der Waals surface area contributed by atoms with Gasteiger partial charge in [-0.3, -0.25) is 0 Å². The largest absolute Gasteiger partial charge is 0.493 e. The molecule has 10 heteroatoms. The lowest BCUT2D eigenvalue weighted by Crippen LogP contribution is -2.11. The van der Waals surface area contributed by atoms with Crippen LogP contribution in [0.2, 0.25) is 10.0 Å². The zero-order valence-electron chi connectivity index (χ0n) is 18.7. The Balaban J connectivity index is 1.95. The summed E-state index contributed by atoms with van der Waals surface area (Å²) in [4.78, 5) is 9.38. The van der Waals surface area contributed by atoms with Crippen molar-refractivity contribution in [3.05, 3.63) is 46.4 Å². The van der Waals surface area contributed by atoms with E-state index in [9.17, 15) is 0 Å². The SMILES string of the molecule is COc1ccc(-c2nc(NCC(C)C)nc3nn(-c4ccc(Cl)c(Cl)c4)c(N)c23)cc1OC. The van der Waals surface area contributed by atoms with Crippen molar-refractivity contribution < 1.29 is 9.47 Å². The fraction of sp³-hybridized carbons (Fsp3) is 0.261. The molecule has 4 aromatic rings. The number of nitrogen functional groups attached to an aromatic ring is 1. The first-order valence-corrected chi connectivity index (χ1v) is 11.1. The fourth-order valence-corrected chi connectivity index (χ4v) is 3.68. The van der Waals surface area contributed by atoms with Gasteiger partial charge in [-0.05, 0) is 42.3 Å². The van der Waals surface area contributed by atoms with Crippen molar-refractivity contribution in [2.24, 2.45) is 5.92 Å². The van der Waals surface area contributed by atoms with Crippen molar-refractivity contribution in [3.8, 4) is 28.4 Å². The van der Waals surface area contributed by atoms with E-state index in [1.54, 1.807) is 37.1 Å². The van der Waals surface area contributed by atoms with Gasteiger partial charge in [0.25, 0.3) is 0 Å². The number of aromatic nitrogens is 4. The number of anilines is 2. The van der Waals surface area contributed by atoms with Gasteiger partial charge in [0, 0.05) is 12.1 Å². The molecule has 2 aromatic carbocycles. The summed E-state index contributed by atoms with van der Waals surface area (Å²) in [5, 5.41) is 9.38. The molecule has 8 nitrogen and oxygen atoms in total. The van der Waals surface area contributed by atoms with Gasteiger partial charge in [-0.1, -0.05) is 37.0 Å². The maximum Gasteiger partial charge on any atom is 0.225 e. The number of nitrogens with two attached hydrogens (primary N) is 1. The smallest absolute Gasteiger partial charge is 0.225 e. The van der Waals surface area contributed by atoms with Crippen LogP contribution in [0.3, 0.4) is 0 Å². The van der Waals surface area contributed by atoms with Gasteiger partial charge in [0.1, 0.15) is 5.82 Å². The lowest BCUT2D eigenvalue weighted by Gasteiger charge is -2.12. The predicted octanol–water partition coefficient (Wildman–Crippen LogP) is 5.46. The molecular weight excluding hydrogens is 463 g/mol. The Labute approximate surface area is 201 Å². The third-order valence-electron chi connectivity index (χ3n) is 5.04. The number of ether oxygens (including phenoxy) is 2. The molecule has 33 heavy (non-hydrogen) atoms. The van der Waals surface area contributed by atoms with E-state index in [1.807, 2.05) is 18.2 Å². The topological polar surface area (TPSA) is 100 Å². The van der Waals surface area contributed by atoms with Gasteiger partial charge in [0.15, 0.2) is 17.1 Å². The molecule has 0 saturated heterocycles. The quantitative estimate of drug-likeness (QED) is 0.357. The molecule has 0 radical (unpaired) electrons. The summed E-state index contributed by atoms with van der Waals surface area (Å²) in [5.74, 6) is 2.44. The predicted molar refractivity (Wildman–Crippen MR) is 133 cm³/mol. The summed E-state index contributed by atoms with van der Waals surface area (Å²) >= 11 is 12.3. The molecule has 0 saturated carbocycles. The van der Waals surface area contributed by atoms with Crippen LogP contribution in [0.25, 0.3) is 28.0 Å². The second kappa shape index (κ2) is 9.33. The van der Waals surface area contributed by atoms with E-state index in [2.05, 4.69) is 29.2 Å². The van der Waals surface area contributed by atoms with Gasteiger partial charge >= 0.3 is 0 Å². The number of hydrogen-bond acceptors (Lipinski definition) is 7. The first-order valence-electron chi connectivity index (χ1n) is 10.3. The van der Waals surface area contributed by atoms with Crippen molar-refractivity contribution in [2.75, 3.05) is 31.8 Å². The van der Waals surface area contributed by atoms with Crippen LogP contribution in [0, 0.1) is 5.92 Å². The van der Waals surface area contributed by atoms with Crippen LogP contribution in [0.5, 0.6) is 11.5 Å².